The molecule has 14 nitrogen and oxygen atoms in total. The summed E-state index contributed by atoms with van der Waals surface area (Å²) in [5, 5.41) is 24.1. The zero-order valence-corrected chi connectivity index (χ0v) is 20.3. The highest BCUT2D eigenvalue weighted by molar-refractivity contribution is 5.81. The fraction of sp³-hybridized carbons (Fsp3) is 0.545. The zero-order valence-electron chi connectivity index (χ0n) is 20.3. The van der Waals surface area contributed by atoms with Gasteiger partial charge in [-0.2, -0.15) is 10.1 Å². The van der Waals surface area contributed by atoms with Gasteiger partial charge < -0.3 is 29.3 Å². The first-order valence-electron chi connectivity index (χ1n) is 11.0. The molecule has 36 heavy (non-hydrogen) atoms. The lowest BCUT2D eigenvalue weighted by Crippen LogP contribution is -2.24. The van der Waals surface area contributed by atoms with Gasteiger partial charge in [-0.3, -0.25) is 19.4 Å². The summed E-state index contributed by atoms with van der Waals surface area (Å²) < 4.78 is 17.0. The zero-order chi connectivity index (χ0) is 26.4. The van der Waals surface area contributed by atoms with E-state index in [2.05, 4.69) is 31.9 Å². The molecule has 1 aliphatic heterocycles. The minimum absolute atomic E-state index is 0.0155. The van der Waals surface area contributed by atoms with E-state index in [4.69, 9.17) is 14.2 Å². The van der Waals surface area contributed by atoms with Gasteiger partial charge in [0.05, 0.1) is 25.0 Å². The van der Waals surface area contributed by atoms with Crippen molar-refractivity contribution in [3.05, 3.63) is 16.0 Å². The van der Waals surface area contributed by atoms with Crippen LogP contribution in [-0.4, -0.2) is 99.3 Å². The van der Waals surface area contributed by atoms with Crippen LogP contribution in [-0.2, 0) is 23.8 Å². The summed E-state index contributed by atoms with van der Waals surface area (Å²) >= 11 is 0. The maximum absolute atomic E-state index is 13.0. The first-order chi connectivity index (χ1) is 17.1. The number of ether oxygens (including phenoxy) is 3. The number of hydrogen-bond donors (Lipinski definition) is 3. The van der Waals surface area contributed by atoms with E-state index in [1.54, 1.807) is 19.0 Å². The number of esters is 2. The Balaban J connectivity index is 2.08. The Morgan fingerprint density at radius 1 is 1.33 bits per heavy atom. The molecule has 0 aromatic carbocycles. The first kappa shape index (κ1) is 26.8. The van der Waals surface area contributed by atoms with Gasteiger partial charge in [0.2, 0.25) is 5.95 Å². The lowest BCUT2D eigenvalue weighted by atomic mass is 10.1. The van der Waals surface area contributed by atoms with Gasteiger partial charge in [0, 0.05) is 34.4 Å². The maximum atomic E-state index is 13.0. The predicted octanol–water partition coefficient (Wildman–Crippen LogP) is -0.924. The summed E-state index contributed by atoms with van der Waals surface area (Å²) in [5.74, 6) is 3.89. The lowest BCUT2D eigenvalue weighted by Gasteiger charge is -2.12. The van der Waals surface area contributed by atoms with Crippen LogP contribution in [0.5, 0.6) is 0 Å². The average molecular weight is 505 g/mol. The third-order valence-corrected chi connectivity index (χ3v) is 4.99. The Morgan fingerprint density at radius 3 is 2.56 bits per heavy atom. The first-order valence-corrected chi connectivity index (χ1v) is 11.0. The molecule has 0 aliphatic carbocycles. The number of aliphatic hydroxyl groups is 2. The van der Waals surface area contributed by atoms with Crippen molar-refractivity contribution >= 4 is 35.3 Å². The summed E-state index contributed by atoms with van der Waals surface area (Å²) in [6.07, 6.45) is -1.04. The van der Waals surface area contributed by atoms with E-state index < -0.39 is 48.5 Å². The van der Waals surface area contributed by atoms with Crippen LogP contribution >= 0.6 is 0 Å². The number of aliphatic imine (C=N–C) groups is 1. The minimum Gasteiger partial charge on any atom is -0.464 e. The molecule has 14 heteroatoms. The van der Waals surface area contributed by atoms with Gasteiger partial charge in [-0.25, -0.2) is 9.67 Å². The Labute approximate surface area is 205 Å². The molecule has 0 bridgehead atoms. The normalized spacial score (nSPS) is 19.5. The van der Waals surface area contributed by atoms with Crippen LogP contribution in [0, 0.1) is 17.8 Å². The molecular weight excluding hydrogens is 476 g/mol. The number of H-pyrrole nitrogens is 1. The Hall–Kier alpha value is -3.80. The van der Waals surface area contributed by atoms with Crippen LogP contribution in [0.25, 0.3) is 11.0 Å². The number of aromatic amines is 1. The summed E-state index contributed by atoms with van der Waals surface area (Å²) in [6.45, 7) is 1.81. The molecule has 0 amide bonds. The van der Waals surface area contributed by atoms with E-state index in [1.165, 1.54) is 24.9 Å². The van der Waals surface area contributed by atoms with E-state index in [0.29, 0.717) is 0 Å². The minimum atomic E-state index is -0.946. The predicted molar refractivity (Wildman–Crippen MR) is 125 cm³/mol. The molecule has 0 radical (unpaired) electrons. The fourth-order valence-corrected chi connectivity index (χ4v) is 3.32. The molecule has 1 aliphatic rings. The van der Waals surface area contributed by atoms with Gasteiger partial charge in [-0.15, -0.1) is 0 Å². The standard InChI is InChI=1S/C22H28N6O8/c1-12(30)34-9-14(10-35-13(2)31)5-6-15-19-20(24-22(25-21(19)33)23-11-27(3)4)28(26-15)18-7-16(32)17(8-29)36-18/h11,14,16-18,29,32H,7-10H2,1-4H3,(H,24,25,33)/t16-,17-,18-/m1/s1. The fourth-order valence-electron chi connectivity index (χ4n) is 3.32. The van der Waals surface area contributed by atoms with E-state index >= 15 is 0 Å². The molecule has 2 aromatic rings. The number of fused-ring (bicyclic) bond motifs is 1. The molecule has 0 saturated carbocycles. The molecule has 194 valence electrons. The molecule has 0 unspecified atom stereocenters. The number of rotatable bonds is 8. The van der Waals surface area contributed by atoms with Crippen molar-refractivity contribution in [2.45, 2.75) is 38.7 Å². The maximum Gasteiger partial charge on any atom is 0.302 e. The number of carbonyl (C=O) groups excluding carboxylic acids is 2. The number of carbonyl (C=O) groups is 2. The number of nitrogens with zero attached hydrogens (tertiary/aromatic N) is 5. The van der Waals surface area contributed by atoms with Gasteiger partial charge >= 0.3 is 11.9 Å². The van der Waals surface area contributed by atoms with Crippen molar-refractivity contribution in [3.8, 4) is 11.8 Å². The van der Waals surface area contributed by atoms with Crippen molar-refractivity contribution in [1.82, 2.24) is 24.6 Å². The number of aromatic nitrogens is 4. The number of nitrogens with one attached hydrogen (secondary N) is 1. The highest BCUT2D eigenvalue weighted by atomic mass is 16.6. The van der Waals surface area contributed by atoms with Crippen LogP contribution in [0.2, 0.25) is 0 Å². The molecule has 3 N–H and O–H groups in total. The Kier molecular flexibility index (Phi) is 8.75. The molecule has 2 aromatic heterocycles. The van der Waals surface area contributed by atoms with Crippen molar-refractivity contribution in [3.63, 3.8) is 0 Å². The second-order valence-corrected chi connectivity index (χ2v) is 8.28. The summed E-state index contributed by atoms with van der Waals surface area (Å²) in [7, 11) is 3.51. The van der Waals surface area contributed by atoms with Crippen LogP contribution in [0.4, 0.5) is 5.95 Å². The third-order valence-electron chi connectivity index (χ3n) is 4.99. The van der Waals surface area contributed by atoms with E-state index in [-0.39, 0.29) is 42.3 Å². The lowest BCUT2D eigenvalue weighted by molar-refractivity contribution is -0.144. The average Bonchev–Trinajstić information content (AvgIpc) is 3.37. The van der Waals surface area contributed by atoms with Crippen molar-refractivity contribution in [1.29, 1.82) is 0 Å². The number of hydrogen-bond acceptors (Lipinski definition) is 11. The SMILES string of the molecule is CC(=O)OCC(C#Cc1nn([C@H]2C[C@@H](O)[C@@H](CO)O2)c2nc(N=CN(C)C)[nH]c(=O)c12)COC(C)=O. The Bertz CT molecular complexity index is 1240. The van der Waals surface area contributed by atoms with Gasteiger partial charge in [-0.1, -0.05) is 5.92 Å². The molecule has 3 atom stereocenters. The van der Waals surface area contributed by atoms with E-state index in [9.17, 15) is 24.6 Å². The summed E-state index contributed by atoms with van der Waals surface area (Å²) in [6, 6.07) is 0. The van der Waals surface area contributed by atoms with E-state index in [0.717, 1.165) is 0 Å². The van der Waals surface area contributed by atoms with Crippen LogP contribution in [0.3, 0.4) is 0 Å². The quantitative estimate of drug-likeness (QED) is 0.175. The van der Waals surface area contributed by atoms with E-state index in [1.807, 2.05) is 0 Å². The third kappa shape index (κ3) is 6.66. The van der Waals surface area contributed by atoms with Crippen LogP contribution in [0.1, 0.15) is 32.2 Å². The molecule has 3 heterocycles. The second kappa shape index (κ2) is 11.8. The van der Waals surface area contributed by atoms with Crippen molar-refractivity contribution < 1.29 is 34.0 Å². The summed E-state index contributed by atoms with van der Waals surface area (Å²) in [5.41, 5.74) is -0.403. The van der Waals surface area contributed by atoms with Gasteiger partial charge in [0.25, 0.3) is 5.56 Å². The second-order valence-electron chi connectivity index (χ2n) is 8.28. The monoisotopic (exact) mass is 504 g/mol. The van der Waals surface area contributed by atoms with Gasteiger partial charge in [-0.05, 0) is 5.92 Å². The number of aliphatic hydroxyl groups excluding tert-OH is 2. The van der Waals surface area contributed by atoms with Crippen molar-refractivity contribution in [2.75, 3.05) is 33.9 Å². The van der Waals surface area contributed by atoms with Gasteiger partial charge in [0.1, 0.15) is 24.7 Å². The molecule has 1 saturated heterocycles. The Morgan fingerprint density at radius 2 is 2.00 bits per heavy atom. The molecule has 0 spiro atoms. The largest absolute Gasteiger partial charge is 0.464 e. The van der Waals surface area contributed by atoms with Crippen LogP contribution in [0.15, 0.2) is 9.79 Å². The highest BCUT2D eigenvalue weighted by Crippen LogP contribution is 2.31. The molecular formula is C22H28N6O8. The molecule has 1 fully saturated rings. The summed E-state index contributed by atoms with van der Waals surface area (Å²) in [4.78, 5) is 48.2. The topological polar surface area (TPSA) is 181 Å². The smallest absolute Gasteiger partial charge is 0.302 e. The molecule has 3 rings (SSSR count). The van der Waals surface area contributed by atoms with Crippen LogP contribution < -0.4 is 5.56 Å². The van der Waals surface area contributed by atoms with Gasteiger partial charge in [0.15, 0.2) is 17.6 Å². The van der Waals surface area contributed by atoms with Crippen molar-refractivity contribution in [2.24, 2.45) is 10.9 Å². The highest BCUT2D eigenvalue weighted by Gasteiger charge is 2.36.